The number of benzene rings is 1. The standard InChI is InChI=1S/C29H42O3/c1-8-23(5)15-13-16-24(6)20-21-27(25(7)17-12-14-22(3)4)32-29(30)26-18-10-11-19-28(26)31-9-2/h8,10-11,14,16,18-19H,9,12-13,15,17,20-21H2,1-7H3/b23-8+,24-16+,27-25+. The molecule has 0 aliphatic rings. The summed E-state index contributed by atoms with van der Waals surface area (Å²) in [5.41, 5.74) is 5.64. The Balaban J connectivity index is 2.97. The Morgan fingerprint density at radius 3 is 2.22 bits per heavy atom. The van der Waals surface area contributed by atoms with Crippen LogP contribution >= 0.6 is 0 Å². The third kappa shape index (κ3) is 10.7. The van der Waals surface area contributed by atoms with Gasteiger partial charge in [-0.15, -0.1) is 0 Å². The van der Waals surface area contributed by atoms with E-state index in [0.717, 1.165) is 43.4 Å². The predicted octanol–water partition coefficient (Wildman–Crippen LogP) is 8.74. The summed E-state index contributed by atoms with van der Waals surface area (Å²) >= 11 is 0. The molecule has 0 aromatic heterocycles. The van der Waals surface area contributed by atoms with Gasteiger partial charge in [0.2, 0.25) is 0 Å². The van der Waals surface area contributed by atoms with Crippen molar-refractivity contribution in [2.24, 2.45) is 0 Å². The Morgan fingerprint density at radius 1 is 0.875 bits per heavy atom. The minimum atomic E-state index is -0.351. The lowest BCUT2D eigenvalue weighted by atomic mass is 10.0. The Kier molecular flexibility index (Phi) is 13.1. The maximum absolute atomic E-state index is 13.0. The summed E-state index contributed by atoms with van der Waals surface area (Å²) in [5.74, 6) is 0.994. The summed E-state index contributed by atoms with van der Waals surface area (Å²) in [6, 6.07) is 7.28. The van der Waals surface area contributed by atoms with E-state index in [2.05, 4.69) is 59.8 Å². The van der Waals surface area contributed by atoms with Gasteiger partial charge in [0.25, 0.3) is 0 Å². The van der Waals surface area contributed by atoms with Gasteiger partial charge in [-0.05, 0) is 98.3 Å². The van der Waals surface area contributed by atoms with Gasteiger partial charge in [-0.1, -0.05) is 47.1 Å². The summed E-state index contributed by atoms with van der Waals surface area (Å²) in [6.07, 6.45) is 12.2. The van der Waals surface area contributed by atoms with Crippen molar-refractivity contribution in [2.75, 3.05) is 6.61 Å². The molecule has 0 heterocycles. The maximum atomic E-state index is 13.0. The van der Waals surface area contributed by atoms with Crippen molar-refractivity contribution in [2.45, 2.75) is 87.0 Å². The highest BCUT2D eigenvalue weighted by Crippen LogP contribution is 2.25. The number of ether oxygens (including phenoxy) is 2. The van der Waals surface area contributed by atoms with E-state index in [1.807, 2.05) is 25.1 Å². The molecule has 1 rings (SSSR count). The molecule has 0 aliphatic carbocycles. The highest BCUT2D eigenvalue weighted by molar-refractivity contribution is 5.93. The van der Waals surface area contributed by atoms with E-state index < -0.39 is 0 Å². The average Bonchev–Trinajstić information content (AvgIpc) is 2.76. The summed E-state index contributed by atoms with van der Waals surface area (Å²) in [7, 11) is 0. The molecule has 0 aliphatic heterocycles. The van der Waals surface area contributed by atoms with Crippen molar-refractivity contribution in [3.05, 3.63) is 76.1 Å². The first-order chi connectivity index (χ1) is 15.3. The van der Waals surface area contributed by atoms with Crippen LogP contribution in [0.3, 0.4) is 0 Å². The van der Waals surface area contributed by atoms with Crippen molar-refractivity contribution in [1.29, 1.82) is 0 Å². The van der Waals surface area contributed by atoms with Crippen LogP contribution in [0.25, 0.3) is 0 Å². The molecular formula is C29H42O3. The van der Waals surface area contributed by atoms with Crippen molar-refractivity contribution in [3.63, 3.8) is 0 Å². The number of rotatable bonds is 13. The van der Waals surface area contributed by atoms with Gasteiger partial charge < -0.3 is 9.47 Å². The topological polar surface area (TPSA) is 35.5 Å². The molecule has 0 atom stereocenters. The third-order valence-electron chi connectivity index (χ3n) is 5.44. The molecule has 3 nitrogen and oxygen atoms in total. The van der Waals surface area contributed by atoms with Crippen LogP contribution in [0.2, 0.25) is 0 Å². The van der Waals surface area contributed by atoms with E-state index in [1.54, 1.807) is 6.07 Å². The number of para-hydroxylation sites is 1. The predicted molar refractivity (Wildman–Crippen MR) is 136 cm³/mol. The van der Waals surface area contributed by atoms with E-state index >= 15 is 0 Å². The van der Waals surface area contributed by atoms with Gasteiger partial charge in [-0.25, -0.2) is 4.79 Å². The molecule has 0 amide bonds. The fraction of sp³-hybridized carbons (Fsp3) is 0.483. The zero-order chi connectivity index (χ0) is 23.9. The number of hydrogen-bond acceptors (Lipinski definition) is 3. The van der Waals surface area contributed by atoms with Crippen LogP contribution < -0.4 is 4.74 Å². The number of hydrogen-bond donors (Lipinski definition) is 0. The number of esters is 1. The molecule has 0 spiro atoms. The molecule has 0 unspecified atom stereocenters. The fourth-order valence-corrected chi connectivity index (χ4v) is 3.26. The van der Waals surface area contributed by atoms with Gasteiger partial charge in [0.05, 0.1) is 6.61 Å². The van der Waals surface area contributed by atoms with Crippen molar-refractivity contribution in [3.8, 4) is 5.75 Å². The summed E-state index contributed by atoms with van der Waals surface area (Å²) in [4.78, 5) is 13.0. The van der Waals surface area contributed by atoms with Gasteiger partial charge in [0.1, 0.15) is 17.1 Å². The van der Waals surface area contributed by atoms with Crippen LogP contribution in [-0.4, -0.2) is 12.6 Å². The smallest absolute Gasteiger partial charge is 0.346 e. The molecule has 176 valence electrons. The molecule has 3 heteroatoms. The van der Waals surface area contributed by atoms with E-state index in [0.29, 0.717) is 24.3 Å². The quantitative estimate of drug-likeness (QED) is 0.175. The Hall–Kier alpha value is -2.55. The molecule has 0 bridgehead atoms. The highest BCUT2D eigenvalue weighted by Gasteiger charge is 2.17. The lowest BCUT2D eigenvalue weighted by Gasteiger charge is -2.15. The van der Waals surface area contributed by atoms with Gasteiger partial charge in [0, 0.05) is 6.42 Å². The first-order valence-electron chi connectivity index (χ1n) is 11.8. The first-order valence-corrected chi connectivity index (χ1v) is 11.8. The van der Waals surface area contributed by atoms with E-state index in [9.17, 15) is 4.79 Å². The van der Waals surface area contributed by atoms with Gasteiger partial charge in [0.15, 0.2) is 0 Å². The molecule has 0 saturated heterocycles. The zero-order valence-corrected chi connectivity index (χ0v) is 21.2. The largest absolute Gasteiger partial charge is 0.493 e. The van der Waals surface area contributed by atoms with E-state index in [4.69, 9.17) is 9.47 Å². The zero-order valence-electron chi connectivity index (χ0n) is 21.2. The van der Waals surface area contributed by atoms with Crippen LogP contribution in [0.4, 0.5) is 0 Å². The molecular weight excluding hydrogens is 396 g/mol. The molecule has 0 radical (unpaired) electrons. The molecule has 1 aromatic rings. The van der Waals surface area contributed by atoms with Crippen molar-refractivity contribution >= 4 is 5.97 Å². The van der Waals surface area contributed by atoms with Gasteiger partial charge in [-0.2, -0.15) is 0 Å². The van der Waals surface area contributed by atoms with Crippen molar-refractivity contribution in [1.82, 2.24) is 0 Å². The van der Waals surface area contributed by atoms with Crippen LogP contribution in [0.1, 0.15) is 97.3 Å². The monoisotopic (exact) mass is 438 g/mol. The maximum Gasteiger partial charge on any atom is 0.346 e. The SMILES string of the molecule is C/C=C(\C)CC/C=C(\C)CC/C(OC(=O)c1ccccc1OCC)=C(/C)CCC=C(C)C. The fourth-order valence-electron chi connectivity index (χ4n) is 3.26. The molecule has 32 heavy (non-hydrogen) atoms. The second kappa shape index (κ2) is 15.3. The lowest BCUT2D eigenvalue weighted by Crippen LogP contribution is -2.09. The van der Waals surface area contributed by atoms with Crippen LogP contribution in [0, 0.1) is 0 Å². The van der Waals surface area contributed by atoms with Gasteiger partial charge in [-0.3, -0.25) is 0 Å². The molecule has 0 N–H and O–H groups in total. The summed E-state index contributed by atoms with van der Waals surface area (Å²) < 4.78 is 11.6. The normalized spacial score (nSPS) is 12.8. The van der Waals surface area contributed by atoms with Crippen molar-refractivity contribution < 1.29 is 14.3 Å². The summed E-state index contributed by atoms with van der Waals surface area (Å²) in [5, 5.41) is 0. The average molecular weight is 439 g/mol. The highest BCUT2D eigenvalue weighted by atomic mass is 16.5. The second-order valence-corrected chi connectivity index (χ2v) is 8.57. The van der Waals surface area contributed by atoms with E-state index in [-0.39, 0.29) is 5.97 Å². The number of carbonyl (C=O) groups excluding carboxylic acids is 1. The minimum Gasteiger partial charge on any atom is -0.493 e. The first kappa shape index (κ1) is 27.5. The minimum absolute atomic E-state index is 0.351. The summed E-state index contributed by atoms with van der Waals surface area (Å²) in [6.45, 7) is 15.1. The van der Waals surface area contributed by atoms with Crippen LogP contribution in [0.5, 0.6) is 5.75 Å². The Bertz CT molecular complexity index is 849. The lowest BCUT2D eigenvalue weighted by molar-refractivity contribution is 0.0604. The Labute approximate surface area is 195 Å². The second-order valence-electron chi connectivity index (χ2n) is 8.57. The van der Waals surface area contributed by atoms with E-state index in [1.165, 1.54) is 16.7 Å². The molecule has 0 saturated carbocycles. The Morgan fingerprint density at radius 2 is 1.56 bits per heavy atom. The van der Waals surface area contributed by atoms with Crippen LogP contribution in [-0.2, 0) is 4.74 Å². The van der Waals surface area contributed by atoms with Crippen LogP contribution in [0.15, 0.2) is 70.5 Å². The third-order valence-corrected chi connectivity index (χ3v) is 5.44. The van der Waals surface area contributed by atoms with Gasteiger partial charge >= 0.3 is 5.97 Å². The number of carbonyl (C=O) groups is 1. The number of allylic oxidation sites excluding steroid dienone is 8. The molecule has 0 fully saturated rings. The molecule has 1 aromatic carbocycles.